The second kappa shape index (κ2) is 7.82. The number of allylic oxidation sites excluding steroid dienone is 1. The molecule has 0 bridgehead atoms. The molecule has 1 aliphatic rings. The molecule has 0 aromatic heterocycles. The van der Waals surface area contributed by atoms with Crippen LogP contribution < -0.4 is 9.46 Å². The molecule has 1 N–H and O–H groups in total. The van der Waals surface area contributed by atoms with Gasteiger partial charge in [-0.3, -0.25) is 9.52 Å². The Bertz CT molecular complexity index is 1090. The molecular formula is C20H20F2N2O4S. The number of nitrogens with zero attached hydrogens (tertiary/aromatic N) is 1. The maximum absolute atomic E-state index is 13.9. The molecule has 0 spiro atoms. The first-order valence-corrected chi connectivity index (χ1v) is 10.6. The Balaban J connectivity index is 2.06. The van der Waals surface area contributed by atoms with Crippen LogP contribution in [0.2, 0.25) is 0 Å². The molecule has 2 atom stereocenters. The third-order valence-electron chi connectivity index (χ3n) is 4.47. The fraction of sp³-hybridized carbons (Fsp3) is 0.250. The second-order valence-electron chi connectivity index (χ2n) is 6.90. The smallest absolute Gasteiger partial charge is 0.229 e. The second-order valence-corrected chi connectivity index (χ2v) is 8.65. The Kier molecular flexibility index (Phi) is 5.61. The fourth-order valence-electron chi connectivity index (χ4n) is 3.08. The van der Waals surface area contributed by atoms with Crippen molar-refractivity contribution < 1.29 is 26.7 Å². The Labute approximate surface area is 167 Å². The van der Waals surface area contributed by atoms with Gasteiger partial charge < -0.3 is 9.64 Å². The van der Waals surface area contributed by atoms with E-state index in [0.717, 1.165) is 18.4 Å². The fourth-order valence-corrected chi connectivity index (χ4v) is 3.66. The predicted molar refractivity (Wildman–Crippen MR) is 105 cm³/mol. The minimum absolute atomic E-state index is 0.128. The van der Waals surface area contributed by atoms with Gasteiger partial charge in [0, 0.05) is 24.6 Å². The van der Waals surface area contributed by atoms with Gasteiger partial charge in [-0.05, 0) is 36.5 Å². The Morgan fingerprint density at radius 3 is 2.52 bits per heavy atom. The van der Waals surface area contributed by atoms with Crippen molar-refractivity contribution in [1.82, 2.24) is 4.90 Å². The molecule has 0 fully saturated rings. The highest BCUT2D eigenvalue weighted by Gasteiger charge is 2.32. The number of ether oxygens (including phenoxy) is 1. The molecule has 29 heavy (non-hydrogen) atoms. The molecule has 0 amide bonds. The number of likely N-dealkylation sites (N-methyl/N-ethyl adjacent to an activating group) is 1. The maximum atomic E-state index is 13.9. The van der Waals surface area contributed by atoms with Crippen molar-refractivity contribution in [3.05, 3.63) is 65.9 Å². The quantitative estimate of drug-likeness (QED) is 0.793. The van der Waals surface area contributed by atoms with Crippen LogP contribution in [0.3, 0.4) is 0 Å². The van der Waals surface area contributed by atoms with Crippen molar-refractivity contribution in [2.24, 2.45) is 5.92 Å². The van der Waals surface area contributed by atoms with Crippen LogP contribution in [0.4, 0.5) is 14.5 Å². The number of carbonyl (C=O) groups is 1. The average molecular weight is 422 g/mol. The third-order valence-corrected chi connectivity index (χ3v) is 5.06. The summed E-state index contributed by atoms with van der Waals surface area (Å²) in [5.74, 6) is -2.13. The van der Waals surface area contributed by atoms with Crippen molar-refractivity contribution in [3.63, 3.8) is 0 Å². The molecule has 3 rings (SSSR count). The van der Waals surface area contributed by atoms with E-state index < -0.39 is 27.7 Å². The van der Waals surface area contributed by atoms with Gasteiger partial charge in [0.2, 0.25) is 10.0 Å². The summed E-state index contributed by atoms with van der Waals surface area (Å²) in [6.45, 7) is 1.75. The van der Waals surface area contributed by atoms with Crippen LogP contribution >= 0.6 is 0 Å². The van der Waals surface area contributed by atoms with Crippen LogP contribution in [-0.4, -0.2) is 32.4 Å². The van der Waals surface area contributed by atoms with Crippen molar-refractivity contribution in [1.29, 1.82) is 0 Å². The van der Waals surface area contributed by atoms with Crippen LogP contribution in [0, 0.1) is 17.6 Å². The Morgan fingerprint density at radius 1 is 1.14 bits per heavy atom. The van der Waals surface area contributed by atoms with E-state index in [4.69, 9.17) is 4.74 Å². The van der Waals surface area contributed by atoms with Gasteiger partial charge in [-0.2, -0.15) is 0 Å². The van der Waals surface area contributed by atoms with Gasteiger partial charge in [0.1, 0.15) is 17.6 Å². The number of benzene rings is 2. The van der Waals surface area contributed by atoms with E-state index in [1.165, 1.54) is 18.2 Å². The van der Waals surface area contributed by atoms with Crippen LogP contribution in [-0.2, 0) is 14.8 Å². The van der Waals surface area contributed by atoms with Crippen LogP contribution in [0.5, 0.6) is 11.5 Å². The summed E-state index contributed by atoms with van der Waals surface area (Å²) in [7, 11) is -1.91. The molecule has 0 aliphatic carbocycles. The monoisotopic (exact) mass is 422 g/mol. The molecule has 2 aromatic carbocycles. The number of carbonyl (C=O) groups excluding carboxylic acids is 1. The first kappa shape index (κ1) is 20.8. The van der Waals surface area contributed by atoms with E-state index in [2.05, 4.69) is 4.72 Å². The zero-order valence-corrected chi connectivity index (χ0v) is 16.8. The molecule has 1 heterocycles. The molecule has 154 valence electrons. The van der Waals surface area contributed by atoms with E-state index in [0.29, 0.717) is 11.6 Å². The highest BCUT2D eigenvalue weighted by molar-refractivity contribution is 7.92. The SMILES string of the molecule is CC1C=CN(C)C(c2cc(Oc3ccc(F)cc3F)ccc2NS(C)(=O)=O)C1=O. The summed E-state index contributed by atoms with van der Waals surface area (Å²) in [5.41, 5.74) is 0.575. The molecule has 0 saturated carbocycles. The Morgan fingerprint density at radius 2 is 1.86 bits per heavy atom. The molecule has 6 nitrogen and oxygen atoms in total. The van der Waals surface area contributed by atoms with Gasteiger partial charge in [-0.25, -0.2) is 17.2 Å². The van der Waals surface area contributed by atoms with Crippen molar-refractivity contribution in [3.8, 4) is 11.5 Å². The zero-order chi connectivity index (χ0) is 21.3. The maximum Gasteiger partial charge on any atom is 0.229 e. The first-order valence-electron chi connectivity index (χ1n) is 8.74. The van der Waals surface area contributed by atoms with E-state index in [1.54, 1.807) is 31.1 Å². The molecule has 2 unspecified atom stereocenters. The lowest BCUT2D eigenvalue weighted by Crippen LogP contribution is -2.34. The lowest BCUT2D eigenvalue weighted by Gasteiger charge is -2.33. The molecule has 9 heteroatoms. The number of ketones is 1. The summed E-state index contributed by atoms with van der Waals surface area (Å²) in [6.07, 6.45) is 4.49. The van der Waals surface area contributed by atoms with Gasteiger partial charge in [-0.1, -0.05) is 13.0 Å². The Hall–Kier alpha value is -2.94. The highest BCUT2D eigenvalue weighted by Crippen LogP contribution is 2.37. The number of rotatable bonds is 5. The molecule has 0 saturated heterocycles. The molecular weight excluding hydrogens is 402 g/mol. The lowest BCUT2D eigenvalue weighted by atomic mass is 9.90. The largest absolute Gasteiger partial charge is 0.454 e. The van der Waals surface area contributed by atoms with E-state index in [1.807, 2.05) is 0 Å². The minimum Gasteiger partial charge on any atom is -0.454 e. The van der Waals surface area contributed by atoms with Gasteiger partial charge >= 0.3 is 0 Å². The number of hydrogen-bond donors (Lipinski definition) is 1. The van der Waals surface area contributed by atoms with Crippen LogP contribution in [0.1, 0.15) is 18.5 Å². The van der Waals surface area contributed by atoms with E-state index in [-0.39, 0.29) is 28.9 Å². The standard InChI is InChI=1S/C20H20F2N2O4S/c1-12-8-9-24(2)19(20(12)25)15-11-14(5-6-17(15)23-29(3,26)27)28-18-7-4-13(21)10-16(18)22/h4-12,19,23H,1-3H3. The van der Waals surface area contributed by atoms with E-state index >= 15 is 0 Å². The molecule has 1 aliphatic heterocycles. The van der Waals surface area contributed by atoms with Crippen LogP contribution in [0.25, 0.3) is 0 Å². The summed E-state index contributed by atoms with van der Waals surface area (Å²) < 4.78 is 58.5. The number of anilines is 1. The number of hydrogen-bond acceptors (Lipinski definition) is 5. The number of sulfonamides is 1. The molecule has 2 aromatic rings. The first-order chi connectivity index (χ1) is 13.5. The van der Waals surface area contributed by atoms with Crippen molar-refractivity contribution >= 4 is 21.5 Å². The number of halogens is 2. The van der Waals surface area contributed by atoms with Gasteiger partial charge in [0.05, 0.1) is 11.9 Å². The predicted octanol–water partition coefficient (Wildman–Crippen LogP) is 3.83. The topological polar surface area (TPSA) is 75.7 Å². The summed E-state index contributed by atoms with van der Waals surface area (Å²) >= 11 is 0. The van der Waals surface area contributed by atoms with Crippen LogP contribution in [0.15, 0.2) is 48.7 Å². The number of nitrogens with one attached hydrogen (secondary N) is 1. The van der Waals surface area contributed by atoms with Crippen molar-refractivity contribution in [2.45, 2.75) is 13.0 Å². The average Bonchev–Trinajstić information content (AvgIpc) is 2.62. The van der Waals surface area contributed by atoms with E-state index in [9.17, 15) is 22.0 Å². The third kappa shape index (κ3) is 4.73. The van der Waals surface area contributed by atoms with Gasteiger partial charge in [0.15, 0.2) is 17.3 Å². The normalized spacial score (nSPS) is 19.3. The van der Waals surface area contributed by atoms with Gasteiger partial charge in [0.25, 0.3) is 0 Å². The highest BCUT2D eigenvalue weighted by atomic mass is 32.2. The molecule has 0 radical (unpaired) electrons. The summed E-state index contributed by atoms with van der Waals surface area (Å²) in [5, 5.41) is 0. The summed E-state index contributed by atoms with van der Waals surface area (Å²) in [6, 6.07) is 6.49. The van der Waals surface area contributed by atoms with Gasteiger partial charge in [-0.15, -0.1) is 0 Å². The number of Topliss-reactive ketones (excluding diaryl/α,β-unsaturated/α-hetero) is 1. The zero-order valence-electron chi connectivity index (χ0n) is 16.0. The minimum atomic E-state index is -3.61. The van der Waals surface area contributed by atoms with Crippen molar-refractivity contribution in [2.75, 3.05) is 18.0 Å². The lowest BCUT2D eigenvalue weighted by molar-refractivity contribution is -0.126. The summed E-state index contributed by atoms with van der Waals surface area (Å²) in [4.78, 5) is 14.5.